The number of aromatic nitrogens is 1. The van der Waals surface area contributed by atoms with Crippen molar-refractivity contribution in [2.24, 2.45) is 5.73 Å². The van der Waals surface area contributed by atoms with Crippen molar-refractivity contribution in [1.82, 2.24) is 4.98 Å². The molecular formula is C11H19N3O. The fourth-order valence-electron chi connectivity index (χ4n) is 1.42. The van der Waals surface area contributed by atoms with Crippen LogP contribution in [0.2, 0.25) is 0 Å². The van der Waals surface area contributed by atoms with Crippen LogP contribution in [-0.2, 0) is 6.54 Å². The molecule has 0 aliphatic rings. The summed E-state index contributed by atoms with van der Waals surface area (Å²) in [6, 6.07) is 3.97. The molecule has 1 aromatic heterocycles. The lowest BCUT2D eigenvalue weighted by Crippen LogP contribution is -2.25. The third-order valence-corrected chi connectivity index (χ3v) is 2.34. The van der Waals surface area contributed by atoms with Crippen LogP contribution >= 0.6 is 0 Å². The van der Waals surface area contributed by atoms with Crippen LogP contribution in [0.3, 0.4) is 0 Å². The molecule has 1 aromatic rings. The van der Waals surface area contributed by atoms with Crippen LogP contribution in [0.1, 0.15) is 18.9 Å². The van der Waals surface area contributed by atoms with Gasteiger partial charge in [0, 0.05) is 32.4 Å². The zero-order valence-electron chi connectivity index (χ0n) is 9.19. The van der Waals surface area contributed by atoms with E-state index >= 15 is 0 Å². The summed E-state index contributed by atoms with van der Waals surface area (Å²) in [5.41, 5.74) is 6.54. The second kappa shape index (κ2) is 6.37. The van der Waals surface area contributed by atoms with E-state index in [0.717, 1.165) is 30.9 Å². The summed E-state index contributed by atoms with van der Waals surface area (Å²) in [5.74, 6) is 0.947. The van der Waals surface area contributed by atoms with Crippen molar-refractivity contribution in [3.63, 3.8) is 0 Å². The highest BCUT2D eigenvalue weighted by molar-refractivity contribution is 5.38. The minimum Gasteiger partial charge on any atom is -0.396 e. The van der Waals surface area contributed by atoms with Gasteiger partial charge in [0.25, 0.3) is 0 Å². The average molecular weight is 209 g/mol. The van der Waals surface area contributed by atoms with E-state index in [4.69, 9.17) is 10.8 Å². The molecule has 0 saturated heterocycles. The van der Waals surface area contributed by atoms with Gasteiger partial charge in [-0.25, -0.2) is 4.98 Å². The van der Waals surface area contributed by atoms with Crippen molar-refractivity contribution in [1.29, 1.82) is 0 Å². The Labute approximate surface area is 90.7 Å². The predicted octanol–water partition coefficient (Wildman–Crippen LogP) is 0.749. The van der Waals surface area contributed by atoms with E-state index in [0.29, 0.717) is 6.54 Å². The summed E-state index contributed by atoms with van der Waals surface area (Å²) < 4.78 is 0. The highest BCUT2D eigenvalue weighted by atomic mass is 16.3. The summed E-state index contributed by atoms with van der Waals surface area (Å²) in [7, 11) is 0. The summed E-state index contributed by atoms with van der Waals surface area (Å²) in [6.07, 6.45) is 2.57. The Hall–Kier alpha value is -1.13. The lowest BCUT2D eigenvalue weighted by Gasteiger charge is -2.21. The topological polar surface area (TPSA) is 62.4 Å². The van der Waals surface area contributed by atoms with E-state index in [2.05, 4.69) is 16.8 Å². The summed E-state index contributed by atoms with van der Waals surface area (Å²) in [4.78, 5) is 6.47. The van der Waals surface area contributed by atoms with Crippen LogP contribution in [0.5, 0.6) is 0 Å². The summed E-state index contributed by atoms with van der Waals surface area (Å²) >= 11 is 0. The van der Waals surface area contributed by atoms with Crippen LogP contribution in [0, 0.1) is 0 Å². The Morgan fingerprint density at radius 3 is 2.73 bits per heavy atom. The molecule has 1 rings (SSSR count). The first-order valence-corrected chi connectivity index (χ1v) is 5.32. The molecule has 0 saturated carbocycles. The number of nitrogens with zero attached hydrogens (tertiary/aromatic N) is 2. The zero-order valence-corrected chi connectivity index (χ0v) is 9.19. The Morgan fingerprint density at radius 1 is 1.47 bits per heavy atom. The van der Waals surface area contributed by atoms with Crippen LogP contribution < -0.4 is 10.6 Å². The maximum atomic E-state index is 8.78. The van der Waals surface area contributed by atoms with Crippen molar-refractivity contribution < 1.29 is 5.11 Å². The molecule has 0 unspecified atom stereocenters. The second-order valence-corrected chi connectivity index (χ2v) is 3.39. The van der Waals surface area contributed by atoms with Gasteiger partial charge in [-0.05, 0) is 25.0 Å². The lowest BCUT2D eigenvalue weighted by molar-refractivity contribution is 0.289. The third kappa shape index (κ3) is 3.49. The minimum absolute atomic E-state index is 0.220. The molecular weight excluding hydrogens is 190 g/mol. The highest BCUT2D eigenvalue weighted by Crippen LogP contribution is 2.11. The summed E-state index contributed by atoms with van der Waals surface area (Å²) in [6.45, 7) is 4.56. The van der Waals surface area contributed by atoms with Crippen LogP contribution in [0.4, 0.5) is 5.82 Å². The first-order valence-electron chi connectivity index (χ1n) is 5.32. The van der Waals surface area contributed by atoms with Crippen LogP contribution in [0.15, 0.2) is 18.3 Å². The van der Waals surface area contributed by atoms with Gasteiger partial charge in [-0.2, -0.15) is 0 Å². The molecule has 15 heavy (non-hydrogen) atoms. The second-order valence-electron chi connectivity index (χ2n) is 3.39. The third-order valence-electron chi connectivity index (χ3n) is 2.34. The van der Waals surface area contributed by atoms with Crippen LogP contribution in [0.25, 0.3) is 0 Å². The maximum Gasteiger partial charge on any atom is 0.128 e. The first kappa shape index (κ1) is 11.9. The lowest BCUT2D eigenvalue weighted by atomic mass is 10.3. The van der Waals surface area contributed by atoms with Crippen molar-refractivity contribution in [2.75, 3.05) is 24.6 Å². The van der Waals surface area contributed by atoms with Crippen molar-refractivity contribution in [3.05, 3.63) is 23.9 Å². The molecule has 0 bridgehead atoms. The molecule has 0 atom stereocenters. The van der Waals surface area contributed by atoms with E-state index in [1.165, 1.54) is 0 Å². The number of nitrogens with two attached hydrogens (primary N) is 1. The molecule has 0 aliphatic carbocycles. The Morgan fingerprint density at radius 2 is 2.27 bits per heavy atom. The number of anilines is 1. The number of aliphatic hydroxyl groups is 1. The van der Waals surface area contributed by atoms with E-state index < -0.39 is 0 Å². The smallest absolute Gasteiger partial charge is 0.128 e. The summed E-state index contributed by atoms with van der Waals surface area (Å²) in [5, 5.41) is 8.78. The van der Waals surface area contributed by atoms with Crippen molar-refractivity contribution in [2.45, 2.75) is 19.9 Å². The highest BCUT2D eigenvalue weighted by Gasteiger charge is 2.04. The quantitative estimate of drug-likeness (QED) is 0.725. The maximum absolute atomic E-state index is 8.78. The number of hydrogen-bond acceptors (Lipinski definition) is 4. The molecule has 4 nitrogen and oxygen atoms in total. The largest absolute Gasteiger partial charge is 0.396 e. The molecule has 84 valence electrons. The minimum atomic E-state index is 0.220. The molecule has 0 aromatic carbocycles. The number of rotatable bonds is 6. The number of hydrogen-bond donors (Lipinski definition) is 2. The molecule has 0 radical (unpaired) electrons. The first-order chi connectivity index (χ1) is 7.31. The van der Waals surface area contributed by atoms with Crippen molar-refractivity contribution >= 4 is 5.82 Å². The van der Waals surface area contributed by atoms with Gasteiger partial charge < -0.3 is 15.7 Å². The van der Waals surface area contributed by atoms with Gasteiger partial charge in [0.2, 0.25) is 0 Å². The van der Waals surface area contributed by atoms with E-state index in [1.54, 1.807) is 6.20 Å². The van der Waals surface area contributed by atoms with E-state index in [-0.39, 0.29) is 6.61 Å². The van der Waals surface area contributed by atoms with Gasteiger partial charge in [-0.1, -0.05) is 6.07 Å². The van der Waals surface area contributed by atoms with Crippen molar-refractivity contribution in [3.8, 4) is 0 Å². The van der Waals surface area contributed by atoms with Gasteiger partial charge in [-0.15, -0.1) is 0 Å². The standard InChI is InChI=1S/C11H19N3O/c1-2-14(6-3-7-15)11-5-4-10(8-12)9-13-11/h4-5,9,15H,2-3,6-8,12H2,1H3. The number of pyridine rings is 1. The van der Waals surface area contributed by atoms with Gasteiger partial charge in [0.05, 0.1) is 0 Å². The van der Waals surface area contributed by atoms with Crippen LogP contribution in [-0.4, -0.2) is 29.8 Å². The molecule has 1 heterocycles. The normalized spacial score (nSPS) is 10.3. The van der Waals surface area contributed by atoms with Gasteiger partial charge in [0.1, 0.15) is 5.82 Å². The fraction of sp³-hybridized carbons (Fsp3) is 0.545. The fourth-order valence-corrected chi connectivity index (χ4v) is 1.42. The Balaban J connectivity index is 2.65. The molecule has 0 amide bonds. The monoisotopic (exact) mass is 209 g/mol. The zero-order chi connectivity index (χ0) is 11.1. The van der Waals surface area contributed by atoms with Gasteiger partial charge in [-0.3, -0.25) is 0 Å². The molecule has 4 heteroatoms. The molecule has 3 N–H and O–H groups in total. The van der Waals surface area contributed by atoms with E-state index in [1.807, 2.05) is 12.1 Å². The molecule has 0 spiro atoms. The Bertz CT molecular complexity index is 274. The average Bonchev–Trinajstić information content (AvgIpc) is 2.31. The van der Waals surface area contributed by atoms with Gasteiger partial charge in [0.15, 0.2) is 0 Å². The van der Waals surface area contributed by atoms with E-state index in [9.17, 15) is 0 Å². The Kier molecular flexibility index (Phi) is 5.07. The van der Waals surface area contributed by atoms with Gasteiger partial charge >= 0.3 is 0 Å². The number of aliphatic hydroxyl groups excluding tert-OH is 1. The SMILES string of the molecule is CCN(CCCO)c1ccc(CN)cn1. The predicted molar refractivity (Wildman–Crippen MR) is 61.7 cm³/mol. The molecule has 0 fully saturated rings. The molecule has 0 aliphatic heterocycles.